The minimum absolute atomic E-state index is 0.112. The van der Waals surface area contributed by atoms with Crippen LogP contribution in [0, 0.1) is 0 Å². The molecule has 0 saturated carbocycles. The standard InChI is InChI=1S/C18H29O3S.Na/c1-2-3-4-5-6-7-8-9-10-11-14-17-15-12-13-16-18(17)22(19,20)21;/h12-13,16H,2-11,14H2,1H3,(H,19,20,21);. The van der Waals surface area contributed by atoms with Gasteiger partial charge in [0.25, 0.3) is 0 Å². The molecule has 1 rings (SSSR count). The number of unbranched alkanes of at least 4 members (excludes halogenated alkanes) is 9. The first-order valence-electron chi connectivity index (χ1n) is 9.02. The van der Waals surface area contributed by atoms with Crippen molar-refractivity contribution >= 4 is 40.9 Å². The summed E-state index contributed by atoms with van der Waals surface area (Å²) < 4.78 is 33.3. The monoisotopic (exact) mass is 348 g/mol. The number of rotatable bonds is 12. The Morgan fingerprint density at radius 1 is 0.913 bits per heavy atom. The van der Waals surface area contributed by atoms with Crippen LogP contribution < -0.4 is 2.81 Å². The van der Waals surface area contributed by atoms with Crippen molar-refractivity contribution in [1.82, 2.24) is 0 Å². The first-order valence-corrected chi connectivity index (χ1v) is 11.5. The summed E-state index contributed by atoms with van der Waals surface area (Å²) in [4.78, 5) is 0.112. The second-order valence-corrected chi connectivity index (χ2v) is 8.93. The number of benzene rings is 1. The minimum atomic E-state index is -4.10. The molecule has 1 N–H and O–H groups in total. The topological polar surface area (TPSA) is 54.4 Å². The zero-order valence-corrected chi connectivity index (χ0v) is 17.5. The molecule has 0 fully saturated rings. The van der Waals surface area contributed by atoms with Gasteiger partial charge in [0.1, 0.15) is 0 Å². The van der Waals surface area contributed by atoms with E-state index in [-0.39, 0.29) is 4.90 Å². The van der Waals surface area contributed by atoms with Gasteiger partial charge >= 0.3 is 147 Å². The summed E-state index contributed by atoms with van der Waals surface area (Å²) in [7, 11) is -4.10. The maximum absolute atomic E-state index is 11.5. The quantitative estimate of drug-likeness (QED) is 0.350. The van der Waals surface area contributed by atoms with E-state index in [1.165, 1.54) is 57.4 Å². The van der Waals surface area contributed by atoms with Crippen LogP contribution in [0.1, 0.15) is 76.7 Å². The molecular formula is C18H29NaO3S. The van der Waals surface area contributed by atoms with Crippen LogP contribution in [0.2, 0.25) is 0 Å². The van der Waals surface area contributed by atoms with E-state index in [2.05, 4.69) is 6.92 Å². The molecule has 126 valence electrons. The molecule has 0 heterocycles. The fraction of sp³-hybridized carbons (Fsp3) is 0.667. The summed E-state index contributed by atoms with van der Waals surface area (Å²) in [6, 6.07) is 5.20. The zero-order chi connectivity index (χ0) is 17.1. The Balaban J connectivity index is 2.27. The van der Waals surface area contributed by atoms with E-state index < -0.39 is 10.1 Å². The summed E-state index contributed by atoms with van der Waals surface area (Å²) in [6.45, 7) is 2.24. The van der Waals surface area contributed by atoms with Gasteiger partial charge in [0, 0.05) is 0 Å². The molecule has 0 aliphatic carbocycles. The third-order valence-electron chi connectivity index (χ3n) is 4.43. The van der Waals surface area contributed by atoms with E-state index >= 15 is 0 Å². The number of hydrogen-bond donors (Lipinski definition) is 1. The first kappa shape index (κ1) is 21.2. The Morgan fingerprint density at radius 2 is 1.43 bits per heavy atom. The molecular weight excluding hydrogens is 319 g/mol. The van der Waals surface area contributed by atoms with Gasteiger partial charge in [0.2, 0.25) is 0 Å². The van der Waals surface area contributed by atoms with E-state index in [1.807, 2.05) is 6.07 Å². The molecule has 0 saturated heterocycles. The Labute approximate surface area is 159 Å². The van der Waals surface area contributed by atoms with Crippen LogP contribution >= 0.6 is 0 Å². The van der Waals surface area contributed by atoms with Gasteiger partial charge in [-0.3, -0.25) is 0 Å². The molecule has 0 atom stereocenters. The van der Waals surface area contributed by atoms with E-state index in [0.29, 0.717) is 0 Å². The van der Waals surface area contributed by atoms with E-state index in [9.17, 15) is 13.0 Å². The van der Waals surface area contributed by atoms with Crippen molar-refractivity contribution < 1.29 is 13.0 Å². The second kappa shape index (κ2) is 11.6. The summed E-state index contributed by atoms with van der Waals surface area (Å²) in [5.74, 6) is 0. The van der Waals surface area contributed by atoms with Gasteiger partial charge in [-0.2, -0.15) is 0 Å². The summed E-state index contributed by atoms with van der Waals surface area (Å²) >= 11 is 0.803. The van der Waals surface area contributed by atoms with Crippen LogP contribution in [-0.2, 0) is 16.5 Å². The van der Waals surface area contributed by atoms with Gasteiger partial charge in [-0.15, -0.1) is 0 Å². The van der Waals surface area contributed by atoms with Crippen molar-refractivity contribution in [3.8, 4) is 0 Å². The molecule has 0 aliphatic rings. The molecule has 0 aliphatic heterocycles. The molecule has 0 radical (unpaired) electrons. The van der Waals surface area contributed by atoms with Crippen molar-refractivity contribution in [1.29, 1.82) is 0 Å². The van der Waals surface area contributed by atoms with Gasteiger partial charge in [-0.05, 0) is 0 Å². The average Bonchev–Trinajstić information content (AvgIpc) is 2.49. The third kappa shape index (κ3) is 8.69. The maximum atomic E-state index is 11.5. The van der Waals surface area contributed by atoms with Gasteiger partial charge in [-0.25, -0.2) is 0 Å². The normalized spacial score (nSPS) is 11.8. The predicted octanol–water partition coefficient (Wildman–Crippen LogP) is 4.19. The molecule has 0 unspecified atom stereocenters. The van der Waals surface area contributed by atoms with Gasteiger partial charge in [0.05, 0.1) is 0 Å². The van der Waals surface area contributed by atoms with Crippen molar-refractivity contribution in [3.05, 3.63) is 23.8 Å². The van der Waals surface area contributed by atoms with E-state index in [0.717, 1.165) is 55.6 Å². The van der Waals surface area contributed by atoms with Crippen LogP contribution in [0.5, 0.6) is 0 Å². The molecule has 0 bridgehead atoms. The number of hydrogen-bond acceptors (Lipinski definition) is 2. The first-order chi connectivity index (χ1) is 11.0. The van der Waals surface area contributed by atoms with Crippen LogP contribution in [0.15, 0.2) is 23.1 Å². The van der Waals surface area contributed by atoms with Gasteiger partial charge in [-0.1, -0.05) is 13.3 Å². The van der Waals surface area contributed by atoms with Gasteiger partial charge in [0.15, 0.2) is 0 Å². The summed E-state index contributed by atoms with van der Waals surface area (Å²) in [5.41, 5.74) is 0.834. The van der Waals surface area contributed by atoms with E-state index in [4.69, 9.17) is 0 Å². The molecule has 0 spiro atoms. The van der Waals surface area contributed by atoms with Crippen molar-refractivity contribution in [2.24, 2.45) is 0 Å². The molecule has 1 aromatic rings. The third-order valence-corrected chi connectivity index (χ3v) is 6.30. The Kier molecular flexibility index (Phi) is 10.7. The summed E-state index contributed by atoms with van der Waals surface area (Å²) in [5, 5.41) is 0. The fourth-order valence-electron chi connectivity index (χ4n) is 3.03. The Morgan fingerprint density at radius 3 is 1.96 bits per heavy atom. The van der Waals surface area contributed by atoms with Crippen molar-refractivity contribution in [2.45, 2.75) is 82.4 Å². The van der Waals surface area contributed by atoms with Crippen LogP contribution in [0.4, 0.5) is 0 Å². The molecule has 23 heavy (non-hydrogen) atoms. The molecule has 0 aromatic heterocycles. The van der Waals surface area contributed by atoms with Gasteiger partial charge < -0.3 is 0 Å². The second-order valence-electron chi connectivity index (χ2n) is 6.46. The Bertz CT molecular complexity index is 555. The molecule has 0 amide bonds. The Hall–Kier alpha value is 0.130. The van der Waals surface area contributed by atoms with Crippen molar-refractivity contribution in [3.63, 3.8) is 0 Å². The molecule has 1 aromatic carbocycles. The molecule has 3 nitrogen and oxygen atoms in total. The zero-order valence-electron chi connectivity index (χ0n) is 14.7. The molecule has 5 heteroatoms. The average molecular weight is 348 g/mol. The van der Waals surface area contributed by atoms with Crippen molar-refractivity contribution in [2.75, 3.05) is 0 Å². The van der Waals surface area contributed by atoms with E-state index in [1.54, 1.807) is 6.07 Å². The fourth-order valence-corrected chi connectivity index (χ4v) is 4.74. The SMILES string of the molecule is CCCCCCCCCCCCc1[c]([Na])cccc1S(=O)(=O)O. The van der Waals surface area contributed by atoms with Crippen LogP contribution in [-0.4, -0.2) is 40.9 Å². The van der Waals surface area contributed by atoms with Crippen LogP contribution in [0.3, 0.4) is 0 Å². The van der Waals surface area contributed by atoms with Crippen LogP contribution in [0.25, 0.3) is 0 Å². The predicted molar refractivity (Wildman–Crippen MR) is 97.2 cm³/mol. The summed E-state index contributed by atoms with van der Waals surface area (Å²) in [6.07, 6.45) is 13.4.